The van der Waals surface area contributed by atoms with Gasteiger partial charge in [0.25, 0.3) is 9.05 Å². The fraction of sp³-hybridized carbons (Fsp3) is 0.375. The molecule has 0 bridgehead atoms. The van der Waals surface area contributed by atoms with Gasteiger partial charge < -0.3 is 9.09 Å². The minimum Gasteiger partial charge on any atom is -0.337 e. The van der Waals surface area contributed by atoms with Crippen molar-refractivity contribution in [3.63, 3.8) is 0 Å². The van der Waals surface area contributed by atoms with Crippen LogP contribution in [0.4, 0.5) is 0 Å². The molecule has 9 heteroatoms. The van der Waals surface area contributed by atoms with Crippen molar-refractivity contribution in [3.05, 3.63) is 23.7 Å². The smallest absolute Gasteiger partial charge is 0.280 e. The third-order valence-corrected chi connectivity index (χ3v) is 3.25. The Kier molecular flexibility index (Phi) is 2.92. The Hall–Kier alpha value is -1.41. The van der Waals surface area contributed by atoms with Crippen LogP contribution in [0.5, 0.6) is 0 Å². The molecule has 2 heterocycles. The highest BCUT2D eigenvalue weighted by Gasteiger charge is 2.17. The van der Waals surface area contributed by atoms with Crippen LogP contribution >= 0.6 is 10.7 Å². The van der Waals surface area contributed by atoms with E-state index in [2.05, 4.69) is 15.1 Å². The van der Waals surface area contributed by atoms with E-state index in [1.807, 2.05) is 0 Å². The van der Waals surface area contributed by atoms with E-state index in [4.69, 9.17) is 15.2 Å². The van der Waals surface area contributed by atoms with Gasteiger partial charge in [-0.3, -0.25) is 0 Å². The Morgan fingerprint density at radius 1 is 1.41 bits per heavy atom. The number of rotatable bonds is 3. The number of hydrogen-bond acceptors (Lipinski definition) is 6. The zero-order chi connectivity index (χ0) is 12.6. The minimum absolute atomic E-state index is 0.187. The highest BCUT2D eigenvalue weighted by Crippen LogP contribution is 2.14. The molecule has 2 aromatic rings. The van der Waals surface area contributed by atoms with Crippen molar-refractivity contribution in [3.8, 4) is 0 Å². The number of halogens is 1. The average molecular weight is 277 g/mol. The molecule has 0 aromatic carbocycles. The fourth-order valence-electron chi connectivity index (χ4n) is 1.31. The third-order valence-electron chi connectivity index (χ3n) is 2.08. The maximum Gasteiger partial charge on any atom is 0.280 e. The summed E-state index contributed by atoms with van der Waals surface area (Å²) in [6.45, 7) is 3.61. The Morgan fingerprint density at radius 3 is 2.59 bits per heavy atom. The second kappa shape index (κ2) is 4.11. The molecule has 0 aliphatic rings. The standard InChI is InChI=1S/C8H9ClN4O3S/c1-5-10-7(16-12-5)3-13-4-8(11-6(13)2)17(9,14)15/h4H,3H2,1-2H3. The quantitative estimate of drug-likeness (QED) is 0.772. The largest absolute Gasteiger partial charge is 0.337 e. The van der Waals surface area contributed by atoms with Crippen molar-refractivity contribution < 1.29 is 12.9 Å². The lowest BCUT2D eigenvalue weighted by atomic mass is 10.5. The highest BCUT2D eigenvalue weighted by atomic mass is 35.7. The Morgan fingerprint density at radius 2 is 2.12 bits per heavy atom. The Balaban J connectivity index is 2.31. The van der Waals surface area contributed by atoms with Gasteiger partial charge in [-0.2, -0.15) is 4.98 Å². The van der Waals surface area contributed by atoms with Gasteiger partial charge in [0.1, 0.15) is 12.4 Å². The van der Waals surface area contributed by atoms with Gasteiger partial charge in [-0.25, -0.2) is 13.4 Å². The van der Waals surface area contributed by atoms with Crippen LogP contribution in [-0.4, -0.2) is 28.1 Å². The summed E-state index contributed by atoms with van der Waals surface area (Å²) in [5.41, 5.74) is 0. The molecule has 0 saturated carbocycles. The van der Waals surface area contributed by atoms with E-state index < -0.39 is 9.05 Å². The second-order valence-electron chi connectivity index (χ2n) is 3.43. The van der Waals surface area contributed by atoms with Crippen molar-refractivity contribution in [2.45, 2.75) is 25.4 Å². The summed E-state index contributed by atoms with van der Waals surface area (Å²) in [7, 11) is 1.38. The van der Waals surface area contributed by atoms with Gasteiger partial charge in [0.05, 0.1) is 0 Å². The summed E-state index contributed by atoms with van der Waals surface area (Å²) in [6.07, 6.45) is 1.33. The molecular formula is C8H9ClN4O3S. The number of aryl methyl sites for hydroxylation is 2. The zero-order valence-corrected chi connectivity index (χ0v) is 10.7. The molecule has 0 N–H and O–H groups in total. The lowest BCUT2D eigenvalue weighted by Crippen LogP contribution is -2.00. The van der Waals surface area contributed by atoms with Gasteiger partial charge >= 0.3 is 0 Å². The third kappa shape index (κ3) is 2.64. The van der Waals surface area contributed by atoms with E-state index in [1.54, 1.807) is 18.4 Å². The van der Waals surface area contributed by atoms with E-state index in [0.717, 1.165) is 0 Å². The van der Waals surface area contributed by atoms with Crippen molar-refractivity contribution in [2.75, 3.05) is 0 Å². The van der Waals surface area contributed by atoms with Gasteiger partial charge in [-0.1, -0.05) is 5.16 Å². The predicted molar refractivity (Wildman–Crippen MR) is 58.1 cm³/mol. The van der Waals surface area contributed by atoms with Crippen molar-refractivity contribution >= 4 is 19.7 Å². The van der Waals surface area contributed by atoms with Crippen LogP contribution in [0.1, 0.15) is 17.5 Å². The zero-order valence-electron chi connectivity index (χ0n) is 9.08. The first-order valence-electron chi connectivity index (χ1n) is 4.64. The van der Waals surface area contributed by atoms with Crippen molar-refractivity contribution in [2.24, 2.45) is 0 Å². The molecule has 0 spiro atoms. The Bertz CT molecular complexity index is 646. The summed E-state index contributed by atoms with van der Waals surface area (Å²) < 4.78 is 28.7. The summed E-state index contributed by atoms with van der Waals surface area (Å²) in [6, 6.07) is 0. The van der Waals surface area contributed by atoms with Crippen LogP contribution in [0.2, 0.25) is 0 Å². The molecule has 92 valence electrons. The lowest BCUT2D eigenvalue weighted by Gasteiger charge is -1.98. The molecule has 0 unspecified atom stereocenters. The van der Waals surface area contributed by atoms with Crippen LogP contribution in [0.25, 0.3) is 0 Å². The molecular weight excluding hydrogens is 268 g/mol. The highest BCUT2D eigenvalue weighted by molar-refractivity contribution is 8.13. The lowest BCUT2D eigenvalue weighted by molar-refractivity contribution is 0.366. The molecule has 0 aliphatic carbocycles. The van der Waals surface area contributed by atoms with Gasteiger partial charge in [-0.15, -0.1) is 0 Å². The average Bonchev–Trinajstić information content (AvgIpc) is 2.74. The summed E-state index contributed by atoms with van der Waals surface area (Å²) in [5.74, 6) is 1.39. The molecule has 0 saturated heterocycles. The summed E-state index contributed by atoms with van der Waals surface area (Å²) in [4.78, 5) is 7.85. The molecule has 17 heavy (non-hydrogen) atoms. The first kappa shape index (κ1) is 12.1. The van der Waals surface area contributed by atoms with Crippen molar-refractivity contribution in [1.82, 2.24) is 19.7 Å². The number of nitrogens with zero attached hydrogens (tertiary/aromatic N) is 4. The normalized spacial score (nSPS) is 11.9. The minimum atomic E-state index is -3.82. The second-order valence-corrected chi connectivity index (χ2v) is 5.94. The molecule has 0 atom stereocenters. The van der Waals surface area contributed by atoms with E-state index in [-0.39, 0.29) is 11.6 Å². The molecule has 2 aromatic heterocycles. The van der Waals surface area contributed by atoms with Crippen LogP contribution in [0.15, 0.2) is 15.7 Å². The first-order valence-corrected chi connectivity index (χ1v) is 6.95. The molecule has 2 rings (SSSR count). The number of aromatic nitrogens is 4. The molecule has 0 aliphatic heterocycles. The van der Waals surface area contributed by atoms with Gasteiger partial charge in [0.2, 0.25) is 5.89 Å². The van der Waals surface area contributed by atoms with Crippen LogP contribution < -0.4 is 0 Å². The molecule has 0 amide bonds. The number of hydrogen-bond donors (Lipinski definition) is 0. The van der Waals surface area contributed by atoms with Gasteiger partial charge in [-0.05, 0) is 13.8 Å². The van der Waals surface area contributed by atoms with Gasteiger partial charge in [0, 0.05) is 16.9 Å². The van der Waals surface area contributed by atoms with Crippen LogP contribution in [-0.2, 0) is 15.6 Å². The Labute approximate surface area is 102 Å². The monoisotopic (exact) mass is 276 g/mol. The van der Waals surface area contributed by atoms with Gasteiger partial charge in [0.15, 0.2) is 10.9 Å². The maximum absolute atomic E-state index is 11.1. The molecule has 0 radical (unpaired) electrons. The molecule has 7 nitrogen and oxygen atoms in total. The fourth-order valence-corrected chi connectivity index (χ4v) is 2.02. The molecule has 0 fully saturated rings. The SMILES string of the molecule is Cc1noc(Cn2cc(S(=O)(=O)Cl)nc2C)n1. The maximum atomic E-state index is 11.1. The summed E-state index contributed by atoms with van der Waals surface area (Å²) in [5, 5.41) is 3.45. The first-order chi connectivity index (χ1) is 7.86. The van der Waals surface area contributed by atoms with Crippen LogP contribution in [0.3, 0.4) is 0 Å². The summed E-state index contributed by atoms with van der Waals surface area (Å²) >= 11 is 0. The predicted octanol–water partition coefficient (Wildman–Crippen LogP) is 0.859. The van der Waals surface area contributed by atoms with E-state index >= 15 is 0 Å². The van der Waals surface area contributed by atoms with E-state index in [1.165, 1.54) is 6.20 Å². The van der Waals surface area contributed by atoms with Crippen molar-refractivity contribution in [1.29, 1.82) is 0 Å². The van der Waals surface area contributed by atoms with Crippen LogP contribution in [0, 0.1) is 13.8 Å². The topological polar surface area (TPSA) is 90.9 Å². The number of imidazole rings is 1. The van der Waals surface area contributed by atoms with E-state index in [0.29, 0.717) is 17.5 Å². The van der Waals surface area contributed by atoms with E-state index in [9.17, 15) is 8.42 Å².